The van der Waals surface area contributed by atoms with Gasteiger partial charge in [0.15, 0.2) is 5.82 Å². The molecule has 0 saturated carbocycles. The van der Waals surface area contributed by atoms with E-state index in [1.807, 2.05) is 13.0 Å². The van der Waals surface area contributed by atoms with E-state index in [0.29, 0.717) is 11.5 Å². The summed E-state index contributed by atoms with van der Waals surface area (Å²) in [6.45, 7) is 5.16. The maximum Gasteiger partial charge on any atom is 0.156 e. The van der Waals surface area contributed by atoms with Crippen LogP contribution in [0.2, 0.25) is 0 Å². The number of anilines is 2. The van der Waals surface area contributed by atoms with E-state index in [1.165, 1.54) is 0 Å². The van der Waals surface area contributed by atoms with Crippen molar-refractivity contribution in [1.29, 1.82) is 0 Å². The molecule has 1 spiro atoms. The maximum absolute atomic E-state index is 14.4. The number of hydrogen-bond donors (Lipinski definition) is 1. The molecule has 2 saturated heterocycles. The van der Waals surface area contributed by atoms with E-state index in [-0.39, 0.29) is 11.2 Å². The van der Waals surface area contributed by atoms with Crippen molar-refractivity contribution in [3.05, 3.63) is 23.6 Å². The molecule has 6 heteroatoms. The fourth-order valence-electron chi connectivity index (χ4n) is 3.22. The molecule has 21 heavy (non-hydrogen) atoms. The number of aryl methyl sites for hydroxylation is 1. The fourth-order valence-corrected chi connectivity index (χ4v) is 3.22. The molecule has 1 aromatic heterocycles. The molecule has 2 fully saturated rings. The normalized spacial score (nSPS) is 19.5. The van der Waals surface area contributed by atoms with Gasteiger partial charge in [-0.25, -0.2) is 4.39 Å². The number of benzene rings is 1. The molecule has 1 N–H and O–H groups in total. The molecular formula is C15H17FN4O. The van der Waals surface area contributed by atoms with Crippen LogP contribution in [0.1, 0.15) is 5.69 Å². The first-order chi connectivity index (χ1) is 10.1. The van der Waals surface area contributed by atoms with Gasteiger partial charge in [-0.05, 0) is 19.1 Å². The minimum atomic E-state index is -0.198. The van der Waals surface area contributed by atoms with Crippen LogP contribution in [0.3, 0.4) is 0 Å². The molecular weight excluding hydrogens is 271 g/mol. The molecule has 110 valence electrons. The van der Waals surface area contributed by atoms with Gasteiger partial charge in [-0.3, -0.25) is 0 Å². The van der Waals surface area contributed by atoms with Crippen molar-refractivity contribution in [2.75, 3.05) is 43.6 Å². The summed E-state index contributed by atoms with van der Waals surface area (Å²) >= 11 is 0. The van der Waals surface area contributed by atoms with Crippen molar-refractivity contribution >= 4 is 22.3 Å². The predicted molar refractivity (Wildman–Crippen MR) is 79.2 cm³/mol. The minimum absolute atomic E-state index is 0.198. The van der Waals surface area contributed by atoms with E-state index in [9.17, 15) is 4.39 Å². The zero-order chi connectivity index (χ0) is 14.6. The molecule has 2 aliphatic rings. The summed E-state index contributed by atoms with van der Waals surface area (Å²) in [5.74, 6) is 0.481. The summed E-state index contributed by atoms with van der Waals surface area (Å²) in [5.41, 5.74) is 1.64. The van der Waals surface area contributed by atoms with Crippen LogP contribution in [-0.4, -0.2) is 43.5 Å². The van der Waals surface area contributed by atoms with Crippen LogP contribution in [0.25, 0.3) is 10.8 Å². The summed E-state index contributed by atoms with van der Waals surface area (Å²) in [7, 11) is 1.80. The first-order valence-corrected chi connectivity index (χ1v) is 7.09. The van der Waals surface area contributed by atoms with Gasteiger partial charge in [0.2, 0.25) is 0 Å². The highest BCUT2D eigenvalue weighted by molar-refractivity contribution is 5.95. The second kappa shape index (κ2) is 4.27. The van der Waals surface area contributed by atoms with Gasteiger partial charge in [0, 0.05) is 30.9 Å². The minimum Gasteiger partial charge on any atom is -0.380 e. The third-order valence-corrected chi connectivity index (χ3v) is 4.48. The van der Waals surface area contributed by atoms with Gasteiger partial charge in [0.1, 0.15) is 5.82 Å². The summed E-state index contributed by atoms with van der Waals surface area (Å²) in [4.78, 5) is 2.08. The second-order valence-electron chi connectivity index (χ2n) is 6.08. The standard InChI is InChI=1S/C15H17FN4O/c1-9-10-3-12(16)13(4-11(10)14(17-2)19-18-9)20-5-15(6-20)7-21-8-15/h3-4H,5-8H2,1-2H3,(H,17,19). The van der Waals surface area contributed by atoms with Crippen molar-refractivity contribution in [3.63, 3.8) is 0 Å². The lowest BCUT2D eigenvalue weighted by Gasteiger charge is -2.56. The van der Waals surface area contributed by atoms with E-state index in [0.717, 1.165) is 42.8 Å². The smallest absolute Gasteiger partial charge is 0.156 e. The van der Waals surface area contributed by atoms with Gasteiger partial charge >= 0.3 is 0 Å². The summed E-state index contributed by atoms with van der Waals surface area (Å²) in [5, 5.41) is 12.9. The van der Waals surface area contributed by atoms with Crippen molar-refractivity contribution in [2.24, 2.45) is 5.41 Å². The molecule has 1 aromatic carbocycles. The van der Waals surface area contributed by atoms with Crippen molar-refractivity contribution in [1.82, 2.24) is 10.2 Å². The number of hydrogen-bond acceptors (Lipinski definition) is 5. The Labute approximate surface area is 122 Å². The molecule has 4 rings (SSSR count). The Bertz CT molecular complexity index is 721. The van der Waals surface area contributed by atoms with E-state index in [4.69, 9.17) is 4.74 Å². The van der Waals surface area contributed by atoms with Crippen molar-refractivity contribution < 1.29 is 9.13 Å². The van der Waals surface area contributed by atoms with E-state index < -0.39 is 0 Å². The molecule has 0 unspecified atom stereocenters. The van der Waals surface area contributed by atoms with Gasteiger partial charge in [-0.1, -0.05) is 0 Å². The van der Waals surface area contributed by atoms with Gasteiger partial charge in [-0.2, -0.15) is 5.10 Å². The first-order valence-electron chi connectivity index (χ1n) is 7.09. The number of rotatable bonds is 2. The monoisotopic (exact) mass is 288 g/mol. The molecule has 0 amide bonds. The lowest BCUT2D eigenvalue weighted by Crippen LogP contribution is -2.66. The second-order valence-corrected chi connectivity index (χ2v) is 6.08. The van der Waals surface area contributed by atoms with Crippen LogP contribution < -0.4 is 10.2 Å². The first kappa shape index (κ1) is 12.8. The molecule has 5 nitrogen and oxygen atoms in total. The fraction of sp³-hybridized carbons (Fsp3) is 0.467. The molecule has 0 atom stereocenters. The average molecular weight is 288 g/mol. The van der Waals surface area contributed by atoms with Crippen LogP contribution in [0.5, 0.6) is 0 Å². The number of aromatic nitrogens is 2. The average Bonchev–Trinajstić information content (AvgIpc) is 2.37. The Kier molecular flexibility index (Phi) is 2.60. The quantitative estimate of drug-likeness (QED) is 0.915. The van der Waals surface area contributed by atoms with Crippen LogP contribution in [0.4, 0.5) is 15.9 Å². The highest BCUT2D eigenvalue weighted by Crippen LogP contribution is 2.42. The van der Waals surface area contributed by atoms with Gasteiger partial charge < -0.3 is 15.0 Å². The van der Waals surface area contributed by atoms with Crippen LogP contribution in [0.15, 0.2) is 12.1 Å². The summed E-state index contributed by atoms with van der Waals surface area (Å²) < 4.78 is 19.7. The molecule has 3 heterocycles. The molecule has 2 aromatic rings. The molecule has 0 bridgehead atoms. The Morgan fingerprint density at radius 1 is 1.24 bits per heavy atom. The van der Waals surface area contributed by atoms with E-state index in [2.05, 4.69) is 20.4 Å². The summed E-state index contributed by atoms with van der Waals surface area (Å²) in [6, 6.07) is 3.45. The number of halogens is 1. The highest BCUT2D eigenvalue weighted by atomic mass is 19.1. The van der Waals surface area contributed by atoms with Gasteiger partial charge in [0.05, 0.1) is 30.0 Å². The zero-order valence-electron chi connectivity index (χ0n) is 12.1. The van der Waals surface area contributed by atoms with Crippen LogP contribution in [0, 0.1) is 18.2 Å². The Balaban J connectivity index is 1.77. The van der Waals surface area contributed by atoms with E-state index in [1.54, 1.807) is 13.1 Å². The van der Waals surface area contributed by atoms with Gasteiger partial charge in [-0.15, -0.1) is 5.10 Å². The van der Waals surface area contributed by atoms with Crippen LogP contribution in [-0.2, 0) is 4.74 Å². The SMILES string of the molecule is CNc1nnc(C)c2cc(F)c(N3CC4(COC4)C3)cc12. The molecule has 0 radical (unpaired) electrons. The lowest BCUT2D eigenvalue weighted by molar-refractivity contribution is -0.127. The van der Waals surface area contributed by atoms with Crippen molar-refractivity contribution in [3.8, 4) is 0 Å². The number of nitrogens with one attached hydrogen (secondary N) is 1. The topological polar surface area (TPSA) is 50.3 Å². The van der Waals surface area contributed by atoms with E-state index >= 15 is 0 Å². The van der Waals surface area contributed by atoms with Gasteiger partial charge in [0.25, 0.3) is 0 Å². The summed E-state index contributed by atoms with van der Waals surface area (Å²) in [6.07, 6.45) is 0. The lowest BCUT2D eigenvalue weighted by atomic mass is 9.77. The molecule has 0 aliphatic carbocycles. The maximum atomic E-state index is 14.4. The Morgan fingerprint density at radius 2 is 2.00 bits per heavy atom. The Morgan fingerprint density at radius 3 is 2.62 bits per heavy atom. The third kappa shape index (κ3) is 1.78. The zero-order valence-corrected chi connectivity index (χ0v) is 12.1. The van der Waals surface area contributed by atoms with Crippen LogP contribution >= 0.6 is 0 Å². The number of fused-ring (bicyclic) bond motifs is 1. The largest absolute Gasteiger partial charge is 0.380 e. The number of ether oxygens (including phenoxy) is 1. The van der Waals surface area contributed by atoms with Crippen molar-refractivity contribution in [2.45, 2.75) is 6.92 Å². The predicted octanol–water partition coefficient (Wildman–Crippen LogP) is 1.96. The Hall–Kier alpha value is -1.95. The molecule has 2 aliphatic heterocycles. The third-order valence-electron chi connectivity index (χ3n) is 4.48. The highest BCUT2D eigenvalue weighted by Gasteiger charge is 2.49. The number of nitrogens with zero attached hydrogens (tertiary/aromatic N) is 3.